The summed E-state index contributed by atoms with van der Waals surface area (Å²) < 4.78 is 0.0139. The number of nitrogens with one attached hydrogen (secondary N) is 1. The summed E-state index contributed by atoms with van der Waals surface area (Å²) in [5, 5.41) is 2.90. The zero-order valence-corrected chi connectivity index (χ0v) is 12.3. The first-order valence-corrected chi connectivity index (χ1v) is 7.18. The van der Waals surface area contributed by atoms with Gasteiger partial charge in [0.05, 0.1) is 12.1 Å². The number of aromatic nitrogens is 1. The molecule has 0 bridgehead atoms. The first kappa shape index (κ1) is 15.5. The molecule has 0 unspecified atom stereocenters. The van der Waals surface area contributed by atoms with Gasteiger partial charge in [-0.25, -0.2) is 0 Å². The molecular weight excluding hydrogens is 258 g/mol. The van der Waals surface area contributed by atoms with Crippen molar-refractivity contribution in [3.63, 3.8) is 0 Å². The van der Waals surface area contributed by atoms with Crippen molar-refractivity contribution in [1.82, 2.24) is 10.3 Å². The molecule has 1 heterocycles. The van der Waals surface area contributed by atoms with Crippen molar-refractivity contribution in [3.8, 4) is 11.8 Å². The van der Waals surface area contributed by atoms with Crippen LogP contribution in [0, 0.1) is 11.8 Å². The molecule has 0 aliphatic rings. The van der Waals surface area contributed by atoms with E-state index in [1.54, 1.807) is 24.0 Å². The molecule has 1 amide bonds. The van der Waals surface area contributed by atoms with E-state index in [9.17, 15) is 4.79 Å². The number of hydrogen-bond donors (Lipinski definition) is 2. The van der Waals surface area contributed by atoms with Crippen LogP contribution in [0.4, 0.5) is 0 Å². The maximum Gasteiger partial charge on any atom is 0.252 e. The zero-order chi connectivity index (χ0) is 14.3. The van der Waals surface area contributed by atoms with Crippen LogP contribution in [0.1, 0.15) is 29.8 Å². The van der Waals surface area contributed by atoms with Crippen LogP contribution in [0.3, 0.4) is 0 Å². The molecule has 19 heavy (non-hydrogen) atoms. The highest BCUT2D eigenvalue weighted by atomic mass is 32.2. The number of amides is 1. The second-order valence-corrected chi connectivity index (χ2v) is 6.13. The molecule has 5 heteroatoms. The fraction of sp³-hybridized carbons (Fsp3) is 0.429. The third-order valence-electron chi connectivity index (χ3n) is 2.56. The predicted molar refractivity (Wildman–Crippen MR) is 80.1 cm³/mol. The average Bonchev–Trinajstić information content (AvgIpc) is 2.43. The van der Waals surface area contributed by atoms with Gasteiger partial charge in [-0.2, -0.15) is 11.8 Å². The van der Waals surface area contributed by atoms with Crippen LogP contribution in [0.15, 0.2) is 18.5 Å². The van der Waals surface area contributed by atoms with Gasteiger partial charge < -0.3 is 11.1 Å². The van der Waals surface area contributed by atoms with Crippen molar-refractivity contribution in [2.24, 2.45) is 5.73 Å². The summed E-state index contributed by atoms with van der Waals surface area (Å²) >= 11 is 1.71. The number of nitrogens with two attached hydrogens (primary N) is 1. The normalized spacial score (nSPS) is 10.5. The van der Waals surface area contributed by atoms with E-state index in [4.69, 9.17) is 5.73 Å². The Morgan fingerprint density at radius 3 is 2.89 bits per heavy atom. The fourth-order valence-electron chi connectivity index (χ4n) is 1.25. The van der Waals surface area contributed by atoms with Crippen LogP contribution in [0.5, 0.6) is 0 Å². The van der Waals surface area contributed by atoms with Gasteiger partial charge in [0, 0.05) is 29.2 Å². The number of rotatable bonds is 4. The maximum absolute atomic E-state index is 12.0. The topological polar surface area (TPSA) is 68.0 Å². The van der Waals surface area contributed by atoms with Crippen LogP contribution in [-0.4, -0.2) is 35.0 Å². The van der Waals surface area contributed by atoms with E-state index in [1.807, 2.05) is 6.26 Å². The monoisotopic (exact) mass is 277 g/mol. The van der Waals surface area contributed by atoms with Crippen LogP contribution in [0.2, 0.25) is 0 Å². The number of nitrogens with zero attached hydrogens (tertiary/aromatic N) is 1. The number of pyridine rings is 1. The van der Waals surface area contributed by atoms with Crippen molar-refractivity contribution in [2.45, 2.75) is 18.6 Å². The molecular formula is C14H19N3OS. The highest BCUT2D eigenvalue weighted by Gasteiger charge is 2.17. The molecule has 3 N–H and O–H groups in total. The van der Waals surface area contributed by atoms with E-state index in [2.05, 4.69) is 36.0 Å². The Kier molecular flexibility index (Phi) is 5.87. The Labute approximate surface area is 118 Å². The van der Waals surface area contributed by atoms with Gasteiger partial charge in [-0.1, -0.05) is 11.8 Å². The summed E-state index contributed by atoms with van der Waals surface area (Å²) in [6, 6.07) is 1.72. The zero-order valence-electron chi connectivity index (χ0n) is 11.5. The molecule has 4 nitrogen and oxygen atoms in total. The second-order valence-electron chi connectivity index (χ2n) is 4.61. The van der Waals surface area contributed by atoms with Crippen LogP contribution < -0.4 is 11.1 Å². The van der Waals surface area contributed by atoms with E-state index in [-0.39, 0.29) is 10.7 Å². The third kappa shape index (κ3) is 5.33. The van der Waals surface area contributed by atoms with Crippen molar-refractivity contribution in [1.29, 1.82) is 0 Å². The fourth-order valence-corrected chi connectivity index (χ4v) is 1.47. The lowest BCUT2D eigenvalue weighted by Crippen LogP contribution is -2.36. The van der Waals surface area contributed by atoms with Crippen molar-refractivity contribution in [3.05, 3.63) is 29.6 Å². The Balaban J connectivity index is 2.72. The van der Waals surface area contributed by atoms with Gasteiger partial charge >= 0.3 is 0 Å². The van der Waals surface area contributed by atoms with Crippen LogP contribution >= 0.6 is 11.8 Å². The molecule has 0 radical (unpaired) electrons. The molecule has 102 valence electrons. The van der Waals surface area contributed by atoms with Crippen molar-refractivity contribution in [2.75, 3.05) is 19.3 Å². The van der Waals surface area contributed by atoms with E-state index in [1.165, 1.54) is 6.20 Å². The minimum Gasteiger partial charge on any atom is -0.351 e. The SMILES string of the molecule is CSC(C)(C)CNC(=O)c1cncc(C#CCN)c1. The number of carbonyl (C=O) groups is 1. The van der Waals surface area contributed by atoms with Crippen LogP contribution in [0.25, 0.3) is 0 Å². The lowest BCUT2D eigenvalue weighted by molar-refractivity contribution is 0.0950. The summed E-state index contributed by atoms with van der Waals surface area (Å²) in [5.41, 5.74) is 6.52. The Morgan fingerprint density at radius 2 is 2.26 bits per heavy atom. The highest BCUT2D eigenvalue weighted by molar-refractivity contribution is 7.99. The van der Waals surface area contributed by atoms with Gasteiger partial charge in [0.2, 0.25) is 0 Å². The molecule has 1 aromatic rings. The minimum atomic E-state index is -0.133. The number of carbonyl (C=O) groups excluding carboxylic acids is 1. The van der Waals surface area contributed by atoms with Crippen molar-refractivity contribution < 1.29 is 4.79 Å². The van der Waals surface area contributed by atoms with E-state index in [0.717, 1.165) is 0 Å². The average molecular weight is 277 g/mol. The molecule has 0 fully saturated rings. The Morgan fingerprint density at radius 1 is 1.53 bits per heavy atom. The van der Waals surface area contributed by atoms with Gasteiger partial charge in [0.25, 0.3) is 5.91 Å². The molecule has 0 saturated carbocycles. The lowest BCUT2D eigenvalue weighted by atomic mass is 10.1. The summed E-state index contributed by atoms with van der Waals surface area (Å²) in [6.07, 6.45) is 5.18. The van der Waals surface area contributed by atoms with Crippen molar-refractivity contribution >= 4 is 17.7 Å². The summed E-state index contributed by atoms with van der Waals surface area (Å²) in [7, 11) is 0. The smallest absolute Gasteiger partial charge is 0.252 e. The summed E-state index contributed by atoms with van der Waals surface area (Å²) in [6.45, 7) is 5.06. The van der Waals surface area contributed by atoms with Gasteiger partial charge in [0.15, 0.2) is 0 Å². The largest absolute Gasteiger partial charge is 0.351 e. The first-order chi connectivity index (χ1) is 8.98. The first-order valence-electron chi connectivity index (χ1n) is 5.96. The molecule has 0 atom stereocenters. The number of thioether (sulfide) groups is 1. The van der Waals surface area contributed by atoms with E-state index in [0.29, 0.717) is 24.2 Å². The maximum atomic E-state index is 12.0. The van der Waals surface area contributed by atoms with Gasteiger partial charge in [-0.05, 0) is 26.2 Å². The second kappa shape index (κ2) is 7.17. The minimum absolute atomic E-state index is 0.0139. The molecule has 0 saturated heterocycles. The Bertz CT molecular complexity index is 503. The quantitative estimate of drug-likeness (QED) is 0.813. The van der Waals surface area contributed by atoms with E-state index >= 15 is 0 Å². The molecule has 1 rings (SSSR count). The summed E-state index contributed by atoms with van der Waals surface area (Å²) in [5.74, 6) is 5.47. The standard InChI is InChI=1S/C14H19N3OS/c1-14(2,19-3)10-17-13(18)12-7-11(5-4-6-15)8-16-9-12/h7-9H,6,10,15H2,1-3H3,(H,17,18). The molecule has 0 aromatic carbocycles. The Hall–Kier alpha value is -1.51. The van der Waals surface area contributed by atoms with Gasteiger partial charge in [0.1, 0.15) is 0 Å². The lowest BCUT2D eigenvalue weighted by Gasteiger charge is -2.22. The van der Waals surface area contributed by atoms with Crippen LogP contribution in [-0.2, 0) is 0 Å². The molecule has 0 aliphatic carbocycles. The highest BCUT2D eigenvalue weighted by Crippen LogP contribution is 2.19. The van der Waals surface area contributed by atoms with E-state index < -0.39 is 0 Å². The molecule has 0 spiro atoms. The van der Waals surface area contributed by atoms with Gasteiger partial charge in [-0.15, -0.1) is 0 Å². The molecule has 1 aromatic heterocycles. The predicted octanol–water partition coefficient (Wildman–Crippen LogP) is 1.26. The van der Waals surface area contributed by atoms with Gasteiger partial charge in [-0.3, -0.25) is 9.78 Å². The summed E-state index contributed by atoms with van der Waals surface area (Å²) in [4.78, 5) is 16.0. The third-order valence-corrected chi connectivity index (χ3v) is 3.81. The number of hydrogen-bond acceptors (Lipinski definition) is 4. The molecule has 0 aliphatic heterocycles.